The highest BCUT2D eigenvalue weighted by atomic mass is 16.5. The van der Waals surface area contributed by atoms with Crippen molar-refractivity contribution in [1.29, 1.82) is 0 Å². The van der Waals surface area contributed by atoms with Crippen LogP contribution in [0.15, 0.2) is 81.9 Å². The summed E-state index contributed by atoms with van der Waals surface area (Å²) in [7, 11) is 0. The van der Waals surface area contributed by atoms with Gasteiger partial charge in [-0.25, -0.2) is 0 Å². The van der Waals surface area contributed by atoms with E-state index in [-0.39, 0.29) is 11.9 Å². The molecule has 4 rings (SSSR count). The lowest BCUT2D eigenvalue weighted by atomic mass is 10.1. The van der Waals surface area contributed by atoms with Crippen LogP contribution in [0, 0.1) is 0 Å². The largest absolute Gasteiger partial charge is 0.469 e. The van der Waals surface area contributed by atoms with Gasteiger partial charge in [-0.3, -0.25) is 4.79 Å². The molecular formula is C22H19N3O3. The quantitative estimate of drug-likeness (QED) is 0.543. The summed E-state index contributed by atoms with van der Waals surface area (Å²) in [4.78, 5) is 16.9. The number of nitrogens with zero attached hydrogens (tertiary/aromatic N) is 2. The summed E-state index contributed by atoms with van der Waals surface area (Å²) in [5, 5.41) is 6.99. The molecule has 0 bridgehead atoms. The number of hydrogen-bond acceptors (Lipinski definition) is 5. The first kappa shape index (κ1) is 17.7. The molecule has 28 heavy (non-hydrogen) atoms. The van der Waals surface area contributed by atoms with Gasteiger partial charge < -0.3 is 14.3 Å². The van der Waals surface area contributed by atoms with E-state index in [0.717, 1.165) is 16.9 Å². The van der Waals surface area contributed by atoms with Crippen molar-refractivity contribution in [2.75, 3.05) is 0 Å². The van der Waals surface area contributed by atoms with E-state index in [2.05, 4.69) is 15.5 Å². The highest BCUT2D eigenvalue weighted by Crippen LogP contribution is 2.22. The molecule has 2 aromatic carbocycles. The molecule has 140 valence electrons. The van der Waals surface area contributed by atoms with Gasteiger partial charge in [-0.05, 0) is 43.3 Å². The van der Waals surface area contributed by atoms with Crippen molar-refractivity contribution in [3.05, 3.63) is 84.3 Å². The fraction of sp³-hybridized carbons (Fsp3) is 0.136. The number of rotatable bonds is 6. The topological polar surface area (TPSA) is 81.2 Å². The third kappa shape index (κ3) is 4.01. The lowest BCUT2D eigenvalue weighted by Gasteiger charge is -2.12. The van der Waals surface area contributed by atoms with Crippen LogP contribution in [0.25, 0.3) is 22.8 Å². The highest BCUT2D eigenvalue weighted by molar-refractivity contribution is 5.94. The molecule has 1 atom stereocenters. The number of aromatic nitrogens is 2. The maximum absolute atomic E-state index is 12.4. The van der Waals surface area contributed by atoms with E-state index in [1.54, 1.807) is 30.5 Å². The van der Waals surface area contributed by atoms with Crippen LogP contribution in [0.2, 0.25) is 0 Å². The Bertz CT molecular complexity index is 1040. The Labute approximate surface area is 162 Å². The van der Waals surface area contributed by atoms with E-state index in [0.29, 0.717) is 23.7 Å². The highest BCUT2D eigenvalue weighted by Gasteiger charge is 2.14. The maximum atomic E-state index is 12.4. The minimum absolute atomic E-state index is 0.0392. The number of benzene rings is 2. The van der Waals surface area contributed by atoms with Gasteiger partial charge in [0.2, 0.25) is 5.82 Å². The number of carbonyl (C=O) groups excluding carboxylic acids is 1. The predicted octanol–water partition coefficient (Wildman–Crippen LogP) is 4.36. The molecule has 0 fully saturated rings. The van der Waals surface area contributed by atoms with Crippen molar-refractivity contribution < 1.29 is 13.7 Å². The normalized spacial score (nSPS) is 11.9. The predicted molar refractivity (Wildman–Crippen MR) is 105 cm³/mol. The number of nitrogens with one attached hydrogen (secondary N) is 1. The van der Waals surface area contributed by atoms with Crippen LogP contribution in [0.3, 0.4) is 0 Å². The van der Waals surface area contributed by atoms with Crippen molar-refractivity contribution in [3.8, 4) is 22.8 Å². The second kappa shape index (κ2) is 7.92. The van der Waals surface area contributed by atoms with Gasteiger partial charge in [0.1, 0.15) is 5.76 Å². The molecule has 6 heteroatoms. The molecule has 0 aliphatic carbocycles. The summed E-state index contributed by atoms with van der Waals surface area (Å²) >= 11 is 0. The zero-order chi connectivity index (χ0) is 19.3. The zero-order valence-corrected chi connectivity index (χ0v) is 15.3. The summed E-state index contributed by atoms with van der Waals surface area (Å²) in [6.07, 6.45) is 2.27. The molecule has 1 unspecified atom stereocenters. The standard InChI is InChI=1S/C22H19N3O3/c1-15(14-19-8-5-13-27-19)23-21(26)17-9-11-18(12-10-17)22-24-20(25-28-22)16-6-3-2-4-7-16/h2-13,15H,14H2,1H3,(H,23,26). The summed E-state index contributed by atoms with van der Waals surface area (Å²) in [5.74, 6) is 1.65. The zero-order valence-electron chi connectivity index (χ0n) is 15.3. The van der Waals surface area contributed by atoms with Crippen molar-refractivity contribution in [3.63, 3.8) is 0 Å². The first-order valence-corrected chi connectivity index (χ1v) is 9.02. The Morgan fingerprint density at radius 2 is 1.79 bits per heavy atom. The van der Waals surface area contributed by atoms with E-state index in [9.17, 15) is 4.79 Å². The molecular weight excluding hydrogens is 354 g/mol. The molecule has 1 amide bonds. The second-order valence-corrected chi connectivity index (χ2v) is 6.52. The molecule has 0 aliphatic heterocycles. The molecule has 0 radical (unpaired) electrons. The molecule has 0 saturated heterocycles. The monoisotopic (exact) mass is 373 g/mol. The van der Waals surface area contributed by atoms with Gasteiger partial charge in [0.25, 0.3) is 11.8 Å². The molecule has 2 heterocycles. The molecule has 0 spiro atoms. The van der Waals surface area contributed by atoms with E-state index in [1.165, 1.54) is 0 Å². The Balaban J connectivity index is 1.42. The minimum Gasteiger partial charge on any atom is -0.469 e. The SMILES string of the molecule is CC(Cc1ccco1)NC(=O)c1ccc(-c2nc(-c3ccccc3)no2)cc1. The molecule has 2 aromatic heterocycles. The van der Waals surface area contributed by atoms with Crippen LogP contribution in [0.4, 0.5) is 0 Å². The Kier molecular flexibility index (Phi) is 5.01. The van der Waals surface area contributed by atoms with Crippen molar-refractivity contribution in [2.45, 2.75) is 19.4 Å². The average molecular weight is 373 g/mol. The summed E-state index contributed by atoms with van der Waals surface area (Å²) in [5.41, 5.74) is 2.21. The van der Waals surface area contributed by atoms with Crippen LogP contribution < -0.4 is 5.32 Å². The Morgan fingerprint density at radius 3 is 2.50 bits per heavy atom. The minimum atomic E-state index is -0.138. The lowest BCUT2D eigenvalue weighted by Crippen LogP contribution is -2.33. The van der Waals surface area contributed by atoms with Crippen LogP contribution in [0.1, 0.15) is 23.0 Å². The van der Waals surface area contributed by atoms with Gasteiger partial charge in [-0.2, -0.15) is 4.98 Å². The average Bonchev–Trinajstić information content (AvgIpc) is 3.41. The van der Waals surface area contributed by atoms with E-state index in [1.807, 2.05) is 49.4 Å². The third-order valence-electron chi connectivity index (χ3n) is 4.32. The third-order valence-corrected chi connectivity index (χ3v) is 4.32. The molecule has 1 N–H and O–H groups in total. The van der Waals surface area contributed by atoms with E-state index in [4.69, 9.17) is 8.94 Å². The van der Waals surface area contributed by atoms with Crippen LogP contribution in [-0.4, -0.2) is 22.1 Å². The number of hydrogen-bond donors (Lipinski definition) is 1. The van der Waals surface area contributed by atoms with Gasteiger partial charge in [0.05, 0.1) is 6.26 Å². The van der Waals surface area contributed by atoms with Gasteiger partial charge in [-0.1, -0.05) is 35.5 Å². The number of carbonyl (C=O) groups is 1. The van der Waals surface area contributed by atoms with Crippen molar-refractivity contribution >= 4 is 5.91 Å². The van der Waals surface area contributed by atoms with Gasteiger partial charge in [0.15, 0.2) is 0 Å². The van der Waals surface area contributed by atoms with Crippen LogP contribution >= 0.6 is 0 Å². The molecule has 0 saturated carbocycles. The molecule has 0 aliphatic rings. The first-order chi connectivity index (χ1) is 13.7. The fourth-order valence-electron chi connectivity index (χ4n) is 2.90. The molecule has 4 aromatic rings. The number of furan rings is 1. The van der Waals surface area contributed by atoms with Crippen molar-refractivity contribution in [2.24, 2.45) is 0 Å². The van der Waals surface area contributed by atoms with Gasteiger partial charge in [0, 0.05) is 29.2 Å². The smallest absolute Gasteiger partial charge is 0.258 e. The Hall–Kier alpha value is -3.67. The summed E-state index contributed by atoms with van der Waals surface area (Å²) in [6.45, 7) is 1.94. The van der Waals surface area contributed by atoms with Gasteiger partial charge in [-0.15, -0.1) is 0 Å². The van der Waals surface area contributed by atoms with Crippen LogP contribution in [-0.2, 0) is 6.42 Å². The lowest BCUT2D eigenvalue weighted by molar-refractivity contribution is 0.0939. The molecule has 6 nitrogen and oxygen atoms in total. The summed E-state index contributed by atoms with van der Waals surface area (Å²) < 4.78 is 10.7. The second-order valence-electron chi connectivity index (χ2n) is 6.52. The first-order valence-electron chi connectivity index (χ1n) is 9.02. The van der Waals surface area contributed by atoms with Gasteiger partial charge >= 0.3 is 0 Å². The number of amides is 1. The van der Waals surface area contributed by atoms with Crippen LogP contribution in [0.5, 0.6) is 0 Å². The maximum Gasteiger partial charge on any atom is 0.258 e. The van der Waals surface area contributed by atoms with Crippen molar-refractivity contribution in [1.82, 2.24) is 15.5 Å². The fourth-order valence-corrected chi connectivity index (χ4v) is 2.90. The summed E-state index contributed by atoms with van der Waals surface area (Å²) in [6, 6.07) is 20.4. The Morgan fingerprint density at radius 1 is 1.00 bits per heavy atom. The van der Waals surface area contributed by atoms with E-state index < -0.39 is 0 Å². The van der Waals surface area contributed by atoms with E-state index >= 15 is 0 Å².